The predicted octanol–water partition coefficient (Wildman–Crippen LogP) is 4.38. The SMILES string of the molecule is CCOc1ccc(/C(O)=C2\C(=O)C(=O)N(c3ccc(F)cc3F)C2c2cccnc2)cc1. The summed E-state index contributed by atoms with van der Waals surface area (Å²) in [4.78, 5) is 30.9. The molecule has 1 saturated heterocycles. The first-order chi connectivity index (χ1) is 15.4. The fourth-order valence-corrected chi connectivity index (χ4v) is 3.64. The maximum atomic E-state index is 14.6. The summed E-state index contributed by atoms with van der Waals surface area (Å²) in [6.45, 7) is 2.29. The third kappa shape index (κ3) is 3.71. The Hall–Kier alpha value is -4.07. The molecule has 162 valence electrons. The zero-order valence-electron chi connectivity index (χ0n) is 17.0. The molecule has 0 spiro atoms. The summed E-state index contributed by atoms with van der Waals surface area (Å²) >= 11 is 0. The number of hydrogen-bond acceptors (Lipinski definition) is 5. The molecule has 1 N–H and O–H groups in total. The maximum absolute atomic E-state index is 14.6. The van der Waals surface area contributed by atoms with E-state index in [1.165, 1.54) is 12.4 Å². The molecule has 1 fully saturated rings. The fraction of sp³-hybridized carbons (Fsp3) is 0.125. The highest BCUT2D eigenvalue weighted by Crippen LogP contribution is 2.42. The minimum atomic E-state index is -1.16. The molecule has 0 bridgehead atoms. The van der Waals surface area contributed by atoms with Crippen LogP contribution >= 0.6 is 0 Å². The summed E-state index contributed by atoms with van der Waals surface area (Å²) in [6.07, 6.45) is 2.91. The molecule has 2 heterocycles. The number of ketones is 1. The maximum Gasteiger partial charge on any atom is 0.300 e. The molecule has 1 amide bonds. The Balaban J connectivity index is 1.90. The second kappa shape index (κ2) is 8.58. The normalized spacial score (nSPS) is 17.6. The lowest BCUT2D eigenvalue weighted by molar-refractivity contribution is -0.132. The van der Waals surface area contributed by atoms with E-state index in [2.05, 4.69) is 4.98 Å². The number of Topliss-reactive ketones (excluding diaryl/α,β-unsaturated/α-hetero) is 1. The number of nitrogens with zero attached hydrogens (tertiary/aromatic N) is 2. The molecule has 8 heteroatoms. The zero-order valence-corrected chi connectivity index (χ0v) is 17.0. The van der Waals surface area contributed by atoms with Gasteiger partial charge in [-0.1, -0.05) is 6.07 Å². The molecule has 32 heavy (non-hydrogen) atoms. The molecule has 0 saturated carbocycles. The number of amides is 1. The van der Waals surface area contributed by atoms with E-state index in [9.17, 15) is 23.5 Å². The van der Waals surface area contributed by atoms with Crippen molar-refractivity contribution in [2.45, 2.75) is 13.0 Å². The predicted molar refractivity (Wildman–Crippen MR) is 113 cm³/mol. The van der Waals surface area contributed by atoms with Gasteiger partial charge in [0.25, 0.3) is 11.7 Å². The van der Waals surface area contributed by atoms with Crippen LogP contribution in [0.3, 0.4) is 0 Å². The largest absolute Gasteiger partial charge is 0.507 e. The van der Waals surface area contributed by atoms with Gasteiger partial charge in [0.1, 0.15) is 23.1 Å². The van der Waals surface area contributed by atoms with Gasteiger partial charge in [0, 0.05) is 24.0 Å². The summed E-state index contributed by atoms with van der Waals surface area (Å²) in [5.74, 6) is -3.73. The second-order valence-electron chi connectivity index (χ2n) is 7.01. The van der Waals surface area contributed by atoms with E-state index in [1.807, 2.05) is 6.92 Å². The van der Waals surface area contributed by atoms with Crippen LogP contribution in [0.4, 0.5) is 14.5 Å². The van der Waals surface area contributed by atoms with Gasteiger partial charge in [-0.25, -0.2) is 8.78 Å². The van der Waals surface area contributed by atoms with Crippen LogP contribution in [0.25, 0.3) is 5.76 Å². The summed E-state index contributed by atoms with van der Waals surface area (Å²) in [6, 6.07) is 11.1. The highest BCUT2D eigenvalue weighted by atomic mass is 19.1. The molecule has 1 aromatic heterocycles. The first-order valence-corrected chi connectivity index (χ1v) is 9.81. The van der Waals surface area contributed by atoms with Gasteiger partial charge in [-0.2, -0.15) is 0 Å². The standard InChI is InChI=1S/C24H18F2N2O4/c1-2-32-17-8-5-14(6-9-17)22(29)20-21(15-4-3-11-27-13-15)28(24(31)23(20)30)19-10-7-16(25)12-18(19)26/h3-13,21,29H,2H2,1H3/b22-20+. The number of pyridine rings is 1. The van der Waals surface area contributed by atoms with Gasteiger partial charge in [-0.05, 0) is 55.0 Å². The fourth-order valence-electron chi connectivity index (χ4n) is 3.64. The van der Waals surface area contributed by atoms with Gasteiger partial charge < -0.3 is 9.84 Å². The molecule has 2 aromatic carbocycles. The van der Waals surface area contributed by atoms with Gasteiger partial charge >= 0.3 is 0 Å². The molecule has 1 unspecified atom stereocenters. The van der Waals surface area contributed by atoms with Crippen molar-refractivity contribution in [1.82, 2.24) is 4.98 Å². The Morgan fingerprint density at radius 2 is 1.88 bits per heavy atom. The van der Waals surface area contributed by atoms with Crippen molar-refractivity contribution in [3.63, 3.8) is 0 Å². The van der Waals surface area contributed by atoms with E-state index in [4.69, 9.17) is 4.74 Å². The third-order valence-electron chi connectivity index (χ3n) is 5.05. The van der Waals surface area contributed by atoms with Crippen LogP contribution in [-0.4, -0.2) is 28.4 Å². The second-order valence-corrected chi connectivity index (χ2v) is 7.01. The lowest BCUT2D eigenvalue weighted by Crippen LogP contribution is -2.30. The highest BCUT2D eigenvalue weighted by molar-refractivity contribution is 6.51. The Kier molecular flexibility index (Phi) is 5.68. The molecule has 3 aromatic rings. The quantitative estimate of drug-likeness (QED) is 0.365. The lowest BCUT2D eigenvalue weighted by Gasteiger charge is -2.25. The van der Waals surface area contributed by atoms with Crippen LogP contribution < -0.4 is 9.64 Å². The van der Waals surface area contributed by atoms with Crippen molar-refractivity contribution in [2.75, 3.05) is 11.5 Å². The number of carbonyl (C=O) groups is 2. The van der Waals surface area contributed by atoms with E-state index in [1.54, 1.807) is 36.4 Å². The van der Waals surface area contributed by atoms with E-state index in [0.29, 0.717) is 24.0 Å². The number of benzene rings is 2. The van der Waals surface area contributed by atoms with Crippen molar-refractivity contribution < 1.29 is 28.2 Å². The Morgan fingerprint density at radius 1 is 1.12 bits per heavy atom. The number of rotatable bonds is 5. The van der Waals surface area contributed by atoms with Gasteiger partial charge in [0.15, 0.2) is 0 Å². The lowest BCUT2D eigenvalue weighted by atomic mass is 9.96. The first-order valence-electron chi connectivity index (χ1n) is 9.81. The smallest absolute Gasteiger partial charge is 0.300 e. The van der Waals surface area contributed by atoms with Crippen LogP contribution in [0.1, 0.15) is 24.1 Å². The van der Waals surface area contributed by atoms with Crippen molar-refractivity contribution >= 4 is 23.1 Å². The minimum absolute atomic E-state index is 0.226. The van der Waals surface area contributed by atoms with Crippen molar-refractivity contribution in [3.05, 3.63) is 95.3 Å². The number of carbonyl (C=O) groups excluding carboxylic acids is 2. The molecule has 1 atom stereocenters. The minimum Gasteiger partial charge on any atom is -0.507 e. The first kappa shape index (κ1) is 21.2. The van der Waals surface area contributed by atoms with E-state index in [0.717, 1.165) is 17.0 Å². The van der Waals surface area contributed by atoms with E-state index in [-0.39, 0.29) is 16.8 Å². The van der Waals surface area contributed by atoms with Crippen molar-refractivity contribution in [3.8, 4) is 5.75 Å². The number of aliphatic hydroxyl groups excluding tert-OH is 1. The molecular weight excluding hydrogens is 418 g/mol. The molecular formula is C24H18F2N2O4. The van der Waals surface area contributed by atoms with Gasteiger partial charge in [-0.15, -0.1) is 0 Å². The summed E-state index contributed by atoms with van der Waals surface area (Å²) in [5.41, 5.74) is 0.145. The van der Waals surface area contributed by atoms with Gasteiger partial charge in [-0.3, -0.25) is 19.5 Å². The molecule has 1 aliphatic rings. The molecule has 0 aliphatic carbocycles. The van der Waals surface area contributed by atoms with Gasteiger partial charge in [0.2, 0.25) is 0 Å². The Labute approximate surface area is 182 Å². The number of anilines is 1. The number of aromatic nitrogens is 1. The Bertz CT molecular complexity index is 1210. The molecule has 4 rings (SSSR count). The van der Waals surface area contributed by atoms with Crippen LogP contribution in [0.15, 0.2) is 72.6 Å². The van der Waals surface area contributed by atoms with Crippen LogP contribution in [-0.2, 0) is 9.59 Å². The molecule has 0 radical (unpaired) electrons. The van der Waals surface area contributed by atoms with Crippen LogP contribution in [0.2, 0.25) is 0 Å². The molecule has 6 nitrogen and oxygen atoms in total. The zero-order chi connectivity index (χ0) is 22.8. The van der Waals surface area contributed by atoms with Crippen LogP contribution in [0, 0.1) is 11.6 Å². The molecule has 1 aliphatic heterocycles. The topological polar surface area (TPSA) is 79.7 Å². The number of ether oxygens (including phenoxy) is 1. The average molecular weight is 436 g/mol. The van der Waals surface area contributed by atoms with Crippen molar-refractivity contribution in [1.29, 1.82) is 0 Å². The number of halogens is 2. The third-order valence-corrected chi connectivity index (χ3v) is 5.05. The summed E-state index contributed by atoms with van der Waals surface area (Å²) in [5, 5.41) is 11.0. The number of aliphatic hydroxyl groups is 1. The highest BCUT2D eigenvalue weighted by Gasteiger charge is 2.47. The van der Waals surface area contributed by atoms with Crippen molar-refractivity contribution in [2.24, 2.45) is 0 Å². The van der Waals surface area contributed by atoms with E-state index >= 15 is 0 Å². The number of hydrogen-bond donors (Lipinski definition) is 1. The average Bonchev–Trinajstić information content (AvgIpc) is 3.05. The Morgan fingerprint density at radius 3 is 2.50 bits per heavy atom. The van der Waals surface area contributed by atoms with Crippen LogP contribution in [0.5, 0.6) is 5.75 Å². The summed E-state index contributed by atoms with van der Waals surface area (Å²) in [7, 11) is 0. The monoisotopic (exact) mass is 436 g/mol. The van der Waals surface area contributed by atoms with E-state index < -0.39 is 35.1 Å². The van der Waals surface area contributed by atoms with Gasteiger partial charge in [0.05, 0.1) is 23.9 Å². The summed E-state index contributed by atoms with van der Waals surface area (Å²) < 4.78 is 33.5.